The highest BCUT2D eigenvalue weighted by atomic mass is 19.4. The van der Waals surface area contributed by atoms with Gasteiger partial charge in [-0.25, -0.2) is 4.98 Å². The fraction of sp³-hybridized carbons (Fsp3) is 0.267. The second-order valence-electron chi connectivity index (χ2n) is 10.5. The van der Waals surface area contributed by atoms with Gasteiger partial charge in [-0.05, 0) is 62.1 Å². The van der Waals surface area contributed by atoms with Crippen LogP contribution in [0.25, 0.3) is 0 Å². The van der Waals surface area contributed by atoms with Crippen LogP contribution in [-0.2, 0) is 34.0 Å². The number of amidine groups is 1. The van der Waals surface area contributed by atoms with Crippen LogP contribution in [0, 0.1) is 11.8 Å². The van der Waals surface area contributed by atoms with Crippen molar-refractivity contribution in [3.63, 3.8) is 0 Å². The van der Waals surface area contributed by atoms with E-state index in [4.69, 9.17) is 0 Å². The highest BCUT2D eigenvalue weighted by Gasteiger charge is 2.51. The predicted molar refractivity (Wildman–Crippen MR) is 139 cm³/mol. The number of carbonyl (C=O) groups excluding carboxylic acids is 2. The molecule has 39 heavy (non-hydrogen) atoms. The number of pyridine rings is 1. The lowest BCUT2D eigenvalue weighted by Gasteiger charge is -2.20. The highest BCUT2D eigenvalue weighted by molar-refractivity contribution is 6.15. The number of fused-ring (bicyclic) bond motifs is 3. The molecule has 1 aromatic heterocycles. The van der Waals surface area contributed by atoms with Crippen LogP contribution in [0.1, 0.15) is 47.2 Å². The van der Waals surface area contributed by atoms with E-state index in [0.717, 1.165) is 22.8 Å². The number of aliphatic imine (C=N–C) groups is 1. The average Bonchev–Trinajstić information content (AvgIpc) is 3.49. The minimum atomic E-state index is -4.60. The van der Waals surface area contributed by atoms with Crippen molar-refractivity contribution < 1.29 is 22.8 Å². The van der Waals surface area contributed by atoms with Crippen molar-refractivity contribution in [3.8, 4) is 11.8 Å². The molecule has 3 aromatic rings. The Morgan fingerprint density at radius 3 is 2.59 bits per heavy atom. The monoisotopic (exact) mass is 528 g/mol. The van der Waals surface area contributed by atoms with E-state index in [1.54, 1.807) is 20.0 Å². The summed E-state index contributed by atoms with van der Waals surface area (Å²) in [5.41, 5.74) is 0.740. The van der Waals surface area contributed by atoms with Crippen LogP contribution in [0.3, 0.4) is 0 Å². The van der Waals surface area contributed by atoms with Crippen LogP contribution in [0.2, 0.25) is 0 Å². The standard InChI is InChI=1S/C30H23F3N4O2/c1-28(2)27(39)37(25(36-28)21-8-3-4-9-22(21)30(31,32)33)14-6-7-18-11-12-19-16-29(17-20(19)15-18)23-10-5-13-34-24(23)35-26(29)38/h3-5,8-13,15H,14,16-17H2,1-2H3,(H,34,35,38)/t29-/m1/s1. The van der Waals surface area contributed by atoms with Gasteiger partial charge in [0, 0.05) is 22.9 Å². The van der Waals surface area contributed by atoms with Crippen LogP contribution in [0.15, 0.2) is 65.8 Å². The van der Waals surface area contributed by atoms with Gasteiger partial charge in [-0.15, -0.1) is 0 Å². The lowest BCUT2D eigenvalue weighted by Crippen LogP contribution is -2.40. The van der Waals surface area contributed by atoms with E-state index < -0.39 is 28.6 Å². The zero-order valence-electron chi connectivity index (χ0n) is 21.2. The van der Waals surface area contributed by atoms with E-state index in [0.29, 0.717) is 24.2 Å². The van der Waals surface area contributed by atoms with Gasteiger partial charge in [0.25, 0.3) is 5.91 Å². The van der Waals surface area contributed by atoms with Crippen molar-refractivity contribution in [2.45, 2.75) is 43.8 Å². The molecule has 1 atom stereocenters. The Bertz CT molecular complexity index is 1650. The number of rotatable bonds is 2. The smallest absolute Gasteiger partial charge is 0.310 e. The molecule has 3 aliphatic rings. The minimum Gasteiger partial charge on any atom is -0.310 e. The number of benzene rings is 2. The summed E-state index contributed by atoms with van der Waals surface area (Å²) >= 11 is 0. The molecule has 9 heteroatoms. The fourth-order valence-electron chi connectivity index (χ4n) is 5.64. The molecule has 2 aliphatic heterocycles. The summed E-state index contributed by atoms with van der Waals surface area (Å²) < 4.78 is 41.1. The maximum atomic E-state index is 13.7. The minimum absolute atomic E-state index is 0.0392. The Morgan fingerprint density at radius 2 is 1.79 bits per heavy atom. The lowest BCUT2D eigenvalue weighted by molar-refractivity contribution is -0.138. The van der Waals surface area contributed by atoms with Gasteiger partial charge in [-0.1, -0.05) is 42.2 Å². The number of anilines is 1. The van der Waals surface area contributed by atoms with Crippen LogP contribution >= 0.6 is 0 Å². The summed E-state index contributed by atoms with van der Waals surface area (Å²) in [5, 5.41) is 2.89. The number of hydrogen-bond donors (Lipinski definition) is 1. The summed E-state index contributed by atoms with van der Waals surface area (Å²) in [6.07, 6.45) is -1.86. The van der Waals surface area contributed by atoms with Crippen molar-refractivity contribution in [3.05, 3.63) is 94.2 Å². The van der Waals surface area contributed by atoms with E-state index in [1.165, 1.54) is 23.1 Å². The van der Waals surface area contributed by atoms with Crippen molar-refractivity contribution in [2.75, 3.05) is 11.9 Å². The number of nitrogens with zero attached hydrogens (tertiary/aromatic N) is 3. The predicted octanol–water partition coefficient (Wildman–Crippen LogP) is 4.51. The number of aromatic nitrogens is 1. The van der Waals surface area contributed by atoms with Crippen LogP contribution in [0.5, 0.6) is 0 Å². The third-order valence-corrected chi connectivity index (χ3v) is 7.53. The molecular weight excluding hydrogens is 505 g/mol. The zero-order chi connectivity index (χ0) is 27.6. The van der Waals surface area contributed by atoms with Crippen LogP contribution in [-0.4, -0.2) is 39.6 Å². The molecule has 3 heterocycles. The first kappa shape index (κ1) is 24.9. The SMILES string of the molecule is CC1(C)N=C(c2ccccc2C(F)(F)F)N(CC#Cc2ccc3c(c2)C[C@@]2(C3)C(=O)Nc3ncccc32)C1=O. The van der Waals surface area contributed by atoms with Gasteiger partial charge in [0.1, 0.15) is 17.2 Å². The normalized spacial score (nSPS) is 20.8. The number of amides is 2. The first-order valence-corrected chi connectivity index (χ1v) is 12.5. The number of hydrogen-bond acceptors (Lipinski definition) is 4. The van der Waals surface area contributed by atoms with Gasteiger partial charge < -0.3 is 5.32 Å². The van der Waals surface area contributed by atoms with Gasteiger partial charge in [0.15, 0.2) is 0 Å². The first-order chi connectivity index (χ1) is 18.5. The molecule has 0 fully saturated rings. The average molecular weight is 529 g/mol. The van der Waals surface area contributed by atoms with Crippen molar-refractivity contribution in [1.82, 2.24) is 9.88 Å². The summed E-state index contributed by atoms with van der Waals surface area (Å²) in [5.74, 6) is 6.06. The Labute approximate surface area is 223 Å². The molecule has 6 nitrogen and oxygen atoms in total. The zero-order valence-corrected chi connectivity index (χ0v) is 21.2. The van der Waals surface area contributed by atoms with Gasteiger partial charge in [-0.2, -0.15) is 13.2 Å². The topological polar surface area (TPSA) is 74.7 Å². The Balaban J connectivity index is 1.27. The molecule has 0 unspecified atom stereocenters. The van der Waals surface area contributed by atoms with E-state index in [-0.39, 0.29) is 23.9 Å². The summed E-state index contributed by atoms with van der Waals surface area (Å²) in [7, 11) is 0. The van der Waals surface area contributed by atoms with Crippen molar-refractivity contribution >= 4 is 23.5 Å². The van der Waals surface area contributed by atoms with Gasteiger partial charge in [-0.3, -0.25) is 19.5 Å². The molecule has 0 bridgehead atoms. The van der Waals surface area contributed by atoms with Gasteiger partial charge in [0.05, 0.1) is 17.5 Å². The number of halogens is 3. The first-order valence-electron chi connectivity index (χ1n) is 12.5. The third kappa shape index (κ3) is 3.98. The third-order valence-electron chi connectivity index (χ3n) is 7.53. The molecule has 0 saturated carbocycles. The Morgan fingerprint density at radius 1 is 1.03 bits per heavy atom. The van der Waals surface area contributed by atoms with Crippen molar-refractivity contribution in [1.29, 1.82) is 0 Å². The fourth-order valence-corrected chi connectivity index (χ4v) is 5.64. The second kappa shape index (κ2) is 8.53. The highest BCUT2D eigenvalue weighted by Crippen LogP contribution is 2.46. The maximum absolute atomic E-state index is 13.7. The van der Waals surface area contributed by atoms with Gasteiger partial charge in [0.2, 0.25) is 5.91 Å². The molecule has 196 valence electrons. The molecule has 1 spiro atoms. The van der Waals surface area contributed by atoms with Crippen LogP contribution < -0.4 is 5.32 Å². The Hall–Kier alpha value is -4.45. The summed E-state index contributed by atoms with van der Waals surface area (Å²) in [6.45, 7) is 3.03. The molecule has 2 aromatic carbocycles. The summed E-state index contributed by atoms with van der Waals surface area (Å²) in [6, 6.07) is 14.6. The van der Waals surface area contributed by atoms with E-state index in [1.807, 2.05) is 30.3 Å². The number of alkyl halides is 3. The molecule has 0 saturated heterocycles. The molecule has 2 amide bonds. The molecular formula is C30H23F3N4O2. The maximum Gasteiger partial charge on any atom is 0.417 e. The molecule has 0 radical (unpaired) electrons. The van der Waals surface area contributed by atoms with E-state index >= 15 is 0 Å². The quantitative estimate of drug-likeness (QED) is 0.498. The molecule has 1 N–H and O–H groups in total. The van der Waals surface area contributed by atoms with Gasteiger partial charge >= 0.3 is 6.18 Å². The van der Waals surface area contributed by atoms with E-state index in [2.05, 4.69) is 27.1 Å². The molecule has 6 rings (SSSR count). The number of carbonyl (C=O) groups is 2. The largest absolute Gasteiger partial charge is 0.417 e. The lowest BCUT2D eigenvalue weighted by atomic mass is 9.79. The van der Waals surface area contributed by atoms with Crippen molar-refractivity contribution in [2.24, 2.45) is 4.99 Å². The number of nitrogens with one attached hydrogen (secondary N) is 1. The summed E-state index contributed by atoms with van der Waals surface area (Å²) in [4.78, 5) is 35.9. The van der Waals surface area contributed by atoms with E-state index in [9.17, 15) is 22.8 Å². The second-order valence-corrected chi connectivity index (χ2v) is 10.5. The van der Waals surface area contributed by atoms with Crippen LogP contribution in [0.4, 0.5) is 19.0 Å². The Kier molecular flexibility index (Phi) is 5.44. The molecule has 1 aliphatic carbocycles.